The number of methoxy groups -OCH3 is 1. The van der Waals surface area contributed by atoms with Gasteiger partial charge in [-0.25, -0.2) is 0 Å². The number of aromatic hydroxyl groups is 1. The maximum atomic E-state index is 9.58. The number of thioether (sulfide) groups is 1. The summed E-state index contributed by atoms with van der Waals surface area (Å²) in [6.45, 7) is 0.701. The molecule has 1 N–H and O–H groups in total. The zero-order valence-electron chi connectivity index (χ0n) is 10.9. The quantitative estimate of drug-likeness (QED) is 0.930. The first-order valence-corrected chi connectivity index (χ1v) is 7.33. The highest BCUT2D eigenvalue weighted by molar-refractivity contribution is 7.99. The van der Waals surface area contributed by atoms with Gasteiger partial charge in [0.05, 0.1) is 13.7 Å². The molecule has 0 saturated carbocycles. The van der Waals surface area contributed by atoms with Crippen LogP contribution in [0.25, 0.3) is 11.5 Å². The van der Waals surface area contributed by atoms with Crippen LogP contribution < -0.4 is 4.74 Å². The Labute approximate surface area is 120 Å². The van der Waals surface area contributed by atoms with Crippen molar-refractivity contribution in [1.29, 1.82) is 0 Å². The Balaban J connectivity index is 1.85. The van der Waals surface area contributed by atoms with E-state index in [0.717, 1.165) is 11.5 Å². The van der Waals surface area contributed by atoms with Crippen molar-refractivity contribution in [2.45, 2.75) is 6.10 Å². The summed E-state index contributed by atoms with van der Waals surface area (Å²) in [7, 11) is 1.49. The van der Waals surface area contributed by atoms with Gasteiger partial charge in [0.25, 0.3) is 5.89 Å². The molecule has 0 radical (unpaired) electrons. The molecule has 0 spiro atoms. The fourth-order valence-electron chi connectivity index (χ4n) is 1.93. The number of benzene rings is 1. The standard InChI is InChI=1S/C13H14N2O4S/c1-17-10-6-8(2-3-9(10)16)13-14-12(15-19-13)11-7-20-5-4-18-11/h2-3,6,11,16H,4-5,7H2,1H3. The molecule has 0 amide bonds. The zero-order chi connectivity index (χ0) is 13.9. The van der Waals surface area contributed by atoms with Gasteiger partial charge in [-0.2, -0.15) is 16.7 Å². The summed E-state index contributed by atoms with van der Waals surface area (Å²) in [6, 6.07) is 4.89. The van der Waals surface area contributed by atoms with Crippen molar-refractivity contribution in [1.82, 2.24) is 10.1 Å². The monoisotopic (exact) mass is 294 g/mol. The second kappa shape index (κ2) is 5.72. The molecule has 1 fully saturated rings. The van der Waals surface area contributed by atoms with E-state index >= 15 is 0 Å². The van der Waals surface area contributed by atoms with Crippen LogP contribution in [0.1, 0.15) is 11.9 Å². The largest absolute Gasteiger partial charge is 0.504 e. The van der Waals surface area contributed by atoms with E-state index in [0.29, 0.717) is 29.6 Å². The first kappa shape index (κ1) is 13.3. The van der Waals surface area contributed by atoms with Gasteiger partial charge in [0.2, 0.25) is 5.82 Å². The van der Waals surface area contributed by atoms with Gasteiger partial charge in [0, 0.05) is 17.1 Å². The molecular weight excluding hydrogens is 280 g/mol. The molecule has 7 heteroatoms. The van der Waals surface area contributed by atoms with Crippen LogP contribution in [0.5, 0.6) is 11.5 Å². The number of nitrogens with zero attached hydrogens (tertiary/aromatic N) is 2. The van der Waals surface area contributed by atoms with Crippen LogP contribution in [0, 0.1) is 0 Å². The van der Waals surface area contributed by atoms with Gasteiger partial charge in [0.15, 0.2) is 11.5 Å². The number of aromatic nitrogens is 2. The van der Waals surface area contributed by atoms with Gasteiger partial charge in [-0.15, -0.1) is 0 Å². The van der Waals surface area contributed by atoms with Crippen LogP contribution in [0.2, 0.25) is 0 Å². The van der Waals surface area contributed by atoms with Crippen LogP contribution in [0.3, 0.4) is 0 Å². The van der Waals surface area contributed by atoms with Crippen molar-refractivity contribution in [2.24, 2.45) is 0 Å². The van der Waals surface area contributed by atoms with Crippen LogP contribution in [-0.2, 0) is 4.74 Å². The molecule has 0 bridgehead atoms. The lowest BCUT2D eigenvalue weighted by atomic mass is 10.2. The predicted octanol–water partition coefficient (Wildman–Crippen LogP) is 2.26. The highest BCUT2D eigenvalue weighted by atomic mass is 32.2. The van der Waals surface area contributed by atoms with E-state index in [-0.39, 0.29) is 11.9 Å². The summed E-state index contributed by atoms with van der Waals surface area (Å²) in [4.78, 5) is 4.36. The van der Waals surface area contributed by atoms with Crippen molar-refractivity contribution in [3.05, 3.63) is 24.0 Å². The van der Waals surface area contributed by atoms with Gasteiger partial charge in [-0.3, -0.25) is 0 Å². The van der Waals surface area contributed by atoms with Crippen LogP contribution in [0.4, 0.5) is 0 Å². The summed E-state index contributed by atoms with van der Waals surface area (Å²) < 4.78 is 15.9. The van der Waals surface area contributed by atoms with Crippen molar-refractivity contribution < 1.29 is 19.1 Å². The van der Waals surface area contributed by atoms with E-state index in [4.69, 9.17) is 14.0 Å². The maximum Gasteiger partial charge on any atom is 0.258 e. The number of phenols is 1. The highest BCUT2D eigenvalue weighted by Crippen LogP contribution is 2.32. The molecule has 20 heavy (non-hydrogen) atoms. The topological polar surface area (TPSA) is 77.6 Å². The van der Waals surface area contributed by atoms with E-state index < -0.39 is 0 Å². The SMILES string of the molecule is COc1cc(-c2nc(C3CSCCO3)no2)ccc1O. The molecule has 1 unspecified atom stereocenters. The molecule has 6 nitrogen and oxygen atoms in total. The fourth-order valence-corrected chi connectivity index (χ4v) is 2.77. The normalized spacial score (nSPS) is 18.9. The molecule has 1 aromatic carbocycles. The van der Waals surface area contributed by atoms with Gasteiger partial charge >= 0.3 is 0 Å². The predicted molar refractivity (Wildman–Crippen MR) is 74.0 cm³/mol. The number of ether oxygens (including phenoxy) is 2. The molecule has 2 heterocycles. The summed E-state index contributed by atoms with van der Waals surface area (Å²) in [6.07, 6.45) is -0.120. The van der Waals surface area contributed by atoms with E-state index in [1.54, 1.807) is 12.1 Å². The Hall–Kier alpha value is -1.73. The van der Waals surface area contributed by atoms with E-state index in [1.165, 1.54) is 13.2 Å². The summed E-state index contributed by atoms with van der Waals surface area (Å²) >= 11 is 1.81. The Bertz CT molecular complexity index is 596. The lowest BCUT2D eigenvalue weighted by Crippen LogP contribution is -2.16. The van der Waals surface area contributed by atoms with Gasteiger partial charge < -0.3 is 19.1 Å². The Morgan fingerprint density at radius 1 is 1.45 bits per heavy atom. The lowest BCUT2D eigenvalue weighted by Gasteiger charge is -2.18. The average molecular weight is 294 g/mol. The van der Waals surface area contributed by atoms with E-state index in [2.05, 4.69) is 10.1 Å². The molecule has 0 aliphatic carbocycles. The van der Waals surface area contributed by atoms with Crippen molar-refractivity contribution >= 4 is 11.8 Å². The average Bonchev–Trinajstić information content (AvgIpc) is 2.98. The Kier molecular flexibility index (Phi) is 3.79. The van der Waals surface area contributed by atoms with Gasteiger partial charge in [-0.05, 0) is 18.2 Å². The minimum absolute atomic E-state index is 0.0722. The second-order valence-electron chi connectivity index (χ2n) is 4.28. The minimum atomic E-state index is -0.120. The Morgan fingerprint density at radius 3 is 3.10 bits per heavy atom. The van der Waals surface area contributed by atoms with Gasteiger partial charge in [-0.1, -0.05) is 5.16 Å². The molecule has 106 valence electrons. The van der Waals surface area contributed by atoms with E-state index in [1.807, 2.05) is 11.8 Å². The third kappa shape index (κ3) is 2.59. The number of rotatable bonds is 3. The molecular formula is C13H14N2O4S. The molecule has 1 aliphatic heterocycles. The smallest absolute Gasteiger partial charge is 0.258 e. The molecule has 1 aliphatic rings. The Morgan fingerprint density at radius 2 is 2.35 bits per heavy atom. The van der Waals surface area contributed by atoms with Crippen LogP contribution in [0.15, 0.2) is 22.7 Å². The molecule has 1 atom stereocenters. The summed E-state index contributed by atoms with van der Waals surface area (Å²) in [5, 5.41) is 13.5. The third-order valence-corrected chi connectivity index (χ3v) is 3.97. The first-order valence-electron chi connectivity index (χ1n) is 6.18. The highest BCUT2D eigenvalue weighted by Gasteiger charge is 2.22. The van der Waals surface area contributed by atoms with Crippen molar-refractivity contribution in [3.8, 4) is 23.0 Å². The summed E-state index contributed by atoms with van der Waals surface area (Å²) in [5.41, 5.74) is 0.696. The van der Waals surface area contributed by atoms with Crippen LogP contribution in [-0.4, -0.2) is 40.5 Å². The molecule has 1 saturated heterocycles. The second-order valence-corrected chi connectivity index (χ2v) is 5.43. The number of phenolic OH excluding ortho intramolecular Hbond substituents is 1. The molecule has 1 aromatic heterocycles. The number of hydrogen-bond acceptors (Lipinski definition) is 7. The van der Waals surface area contributed by atoms with Gasteiger partial charge in [0.1, 0.15) is 6.10 Å². The minimum Gasteiger partial charge on any atom is -0.504 e. The molecule has 2 aromatic rings. The van der Waals surface area contributed by atoms with E-state index in [9.17, 15) is 5.11 Å². The van der Waals surface area contributed by atoms with Crippen LogP contribution >= 0.6 is 11.8 Å². The van der Waals surface area contributed by atoms with Crippen molar-refractivity contribution in [2.75, 3.05) is 25.2 Å². The number of hydrogen-bond donors (Lipinski definition) is 1. The molecule has 3 rings (SSSR count). The van der Waals surface area contributed by atoms with Crippen molar-refractivity contribution in [3.63, 3.8) is 0 Å². The first-order chi connectivity index (χ1) is 9.78. The lowest BCUT2D eigenvalue weighted by molar-refractivity contribution is 0.0677. The maximum absolute atomic E-state index is 9.58. The third-order valence-electron chi connectivity index (χ3n) is 2.97. The zero-order valence-corrected chi connectivity index (χ0v) is 11.7. The summed E-state index contributed by atoms with van der Waals surface area (Å²) in [5.74, 6) is 3.21. The fraction of sp³-hybridized carbons (Fsp3) is 0.385.